The molecule has 2 aromatic rings. The van der Waals surface area contributed by atoms with E-state index < -0.39 is 0 Å². The second-order valence-electron chi connectivity index (χ2n) is 4.65. The molecule has 88 valence electrons. The fourth-order valence-corrected chi connectivity index (χ4v) is 2.56. The van der Waals surface area contributed by atoms with E-state index in [0.717, 1.165) is 24.5 Å². The summed E-state index contributed by atoms with van der Waals surface area (Å²) in [6.07, 6.45) is 2.33. The molecule has 1 aliphatic heterocycles. The molecule has 2 heterocycles. The van der Waals surface area contributed by atoms with Gasteiger partial charge in [0.05, 0.1) is 12.2 Å². The number of fused-ring (bicyclic) bond motifs is 1. The second kappa shape index (κ2) is 4.00. The Morgan fingerprint density at radius 1 is 1.29 bits per heavy atom. The number of hydrogen-bond donors (Lipinski definition) is 1. The summed E-state index contributed by atoms with van der Waals surface area (Å²) >= 11 is 0. The van der Waals surface area contributed by atoms with Crippen LogP contribution in [0.15, 0.2) is 24.3 Å². The van der Waals surface area contributed by atoms with Crippen molar-refractivity contribution >= 4 is 0 Å². The number of rotatable bonds is 2. The Hall–Kier alpha value is -1.61. The van der Waals surface area contributed by atoms with Gasteiger partial charge in [-0.1, -0.05) is 29.8 Å². The van der Waals surface area contributed by atoms with Crippen LogP contribution in [0.1, 0.15) is 23.5 Å². The van der Waals surface area contributed by atoms with Gasteiger partial charge in [-0.15, -0.1) is 0 Å². The molecular weight excluding hydrogens is 210 g/mol. The van der Waals surface area contributed by atoms with Crippen LogP contribution in [0.2, 0.25) is 0 Å². The third kappa shape index (κ3) is 1.67. The van der Waals surface area contributed by atoms with Crippen LogP contribution < -0.4 is 5.73 Å². The fraction of sp³-hybridized carbons (Fsp3) is 0.357. The minimum absolute atomic E-state index is 0.527. The zero-order valence-corrected chi connectivity index (χ0v) is 10.1. The molecule has 1 aliphatic rings. The molecule has 3 rings (SSSR count). The Morgan fingerprint density at radius 3 is 2.76 bits per heavy atom. The van der Waals surface area contributed by atoms with Crippen LogP contribution in [0.3, 0.4) is 0 Å². The highest BCUT2D eigenvalue weighted by Gasteiger charge is 2.21. The van der Waals surface area contributed by atoms with Crippen LogP contribution >= 0.6 is 0 Å². The molecule has 0 bridgehead atoms. The molecule has 1 aromatic carbocycles. The van der Waals surface area contributed by atoms with Crippen molar-refractivity contribution in [3.05, 3.63) is 41.3 Å². The topological polar surface area (TPSA) is 43.8 Å². The van der Waals surface area contributed by atoms with E-state index in [-0.39, 0.29) is 0 Å². The minimum atomic E-state index is 0.527. The van der Waals surface area contributed by atoms with E-state index in [1.165, 1.54) is 23.2 Å². The van der Waals surface area contributed by atoms with Gasteiger partial charge in [-0.2, -0.15) is 0 Å². The Kier molecular flexibility index (Phi) is 2.48. The van der Waals surface area contributed by atoms with Crippen molar-refractivity contribution in [2.24, 2.45) is 5.73 Å². The Balaban J connectivity index is 2.12. The van der Waals surface area contributed by atoms with E-state index in [2.05, 4.69) is 40.7 Å². The lowest BCUT2D eigenvalue weighted by atomic mass is 10.1. The number of hydrogen-bond acceptors (Lipinski definition) is 2. The molecule has 0 atom stereocenters. The van der Waals surface area contributed by atoms with E-state index in [1.54, 1.807) is 0 Å². The van der Waals surface area contributed by atoms with Gasteiger partial charge < -0.3 is 10.3 Å². The molecule has 0 unspecified atom stereocenters. The van der Waals surface area contributed by atoms with Gasteiger partial charge in [-0.25, -0.2) is 4.98 Å². The predicted molar refractivity (Wildman–Crippen MR) is 68.6 cm³/mol. The number of nitrogens with zero attached hydrogens (tertiary/aromatic N) is 2. The maximum absolute atomic E-state index is 5.76. The van der Waals surface area contributed by atoms with Gasteiger partial charge in [0.15, 0.2) is 0 Å². The zero-order valence-electron chi connectivity index (χ0n) is 10.1. The molecule has 0 fully saturated rings. The van der Waals surface area contributed by atoms with Gasteiger partial charge in [0.25, 0.3) is 0 Å². The molecule has 3 heteroatoms. The fourth-order valence-electron chi connectivity index (χ4n) is 2.56. The van der Waals surface area contributed by atoms with Crippen LogP contribution in [0, 0.1) is 6.92 Å². The predicted octanol–water partition coefficient (Wildman–Crippen LogP) is 2.26. The smallest absolute Gasteiger partial charge is 0.123 e. The number of aryl methyl sites for hydroxylation is 1. The van der Waals surface area contributed by atoms with Gasteiger partial charge in [-0.05, 0) is 19.8 Å². The molecule has 3 nitrogen and oxygen atoms in total. The average molecular weight is 227 g/mol. The first-order valence-electron chi connectivity index (χ1n) is 6.15. The molecule has 0 spiro atoms. The Morgan fingerprint density at radius 2 is 2.06 bits per heavy atom. The van der Waals surface area contributed by atoms with Crippen molar-refractivity contribution in [1.29, 1.82) is 0 Å². The lowest BCUT2D eigenvalue weighted by Gasteiger charge is -2.01. The van der Waals surface area contributed by atoms with E-state index >= 15 is 0 Å². The van der Waals surface area contributed by atoms with Crippen LogP contribution in [-0.2, 0) is 19.5 Å². The summed E-state index contributed by atoms with van der Waals surface area (Å²) < 4.78 is 2.29. The van der Waals surface area contributed by atoms with Crippen LogP contribution in [-0.4, -0.2) is 9.55 Å². The highest BCUT2D eigenvalue weighted by molar-refractivity contribution is 5.63. The molecule has 0 saturated heterocycles. The molecule has 2 N–H and O–H groups in total. The van der Waals surface area contributed by atoms with Crippen molar-refractivity contribution in [2.75, 3.05) is 0 Å². The summed E-state index contributed by atoms with van der Waals surface area (Å²) in [4.78, 5) is 4.69. The van der Waals surface area contributed by atoms with Gasteiger partial charge in [0, 0.05) is 17.8 Å². The normalized spacial score (nSPS) is 14.0. The van der Waals surface area contributed by atoms with Crippen molar-refractivity contribution < 1.29 is 0 Å². The first-order valence-corrected chi connectivity index (χ1v) is 6.15. The number of nitrogens with two attached hydrogens (primary N) is 1. The van der Waals surface area contributed by atoms with Crippen molar-refractivity contribution in [3.63, 3.8) is 0 Å². The first kappa shape index (κ1) is 10.5. The van der Waals surface area contributed by atoms with E-state index in [9.17, 15) is 0 Å². The Labute approximate surface area is 101 Å². The van der Waals surface area contributed by atoms with Gasteiger partial charge in [0.2, 0.25) is 0 Å². The van der Waals surface area contributed by atoms with Crippen molar-refractivity contribution in [3.8, 4) is 11.3 Å². The summed E-state index contributed by atoms with van der Waals surface area (Å²) in [5.74, 6) is 1.02. The molecule has 0 aliphatic carbocycles. The third-order valence-corrected chi connectivity index (χ3v) is 3.45. The maximum atomic E-state index is 5.76. The van der Waals surface area contributed by atoms with Crippen molar-refractivity contribution in [2.45, 2.75) is 32.9 Å². The highest BCUT2D eigenvalue weighted by Crippen LogP contribution is 2.29. The number of imidazole rings is 1. The van der Waals surface area contributed by atoms with Crippen LogP contribution in [0.25, 0.3) is 11.3 Å². The average Bonchev–Trinajstić information content (AvgIpc) is 2.91. The monoisotopic (exact) mass is 227 g/mol. The quantitative estimate of drug-likeness (QED) is 0.855. The number of aromatic nitrogens is 2. The van der Waals surface area contributed by atoms with Crippen molar-refractivity contribution in [1.82, 2.24) is 9.55 Å². The SMILES string of the molecule is Cc1ccc(-c2nc(CN)n3c2CCC3)cc1. The van der Waals surface area contributed by atoms with E-state index in [4.69, 9.17) is 5.73 Å². The van der Waals surface area contributed by atoms with Gasteiger partial charge >= 0.3 is 0 Å². The lowest BCUT2D eigenvalue weighted by molar-refractivity contribution is 0.689. The molecule has 1 aromatic heterocycles. The van der Waals surface area contributed by atoms with E-state index in [1.807, 2.05) is 0 Å². The largest absolute Gasteiger partial charge is 0.330 e. The second-order valence-corrected chi connectivity index (χ2v) is 4.65. The van der Waals surface area contributed by atoms with Gasteiger partial charge in [-0.3, -0.25) is 0 Å². The van der Waals surface area contributed by atoms with E-state index in [0.29, 0.717) is 6.54 Å². The molecule has 17 heavy (non-hydrogen) atoms. The van der Waals surface area contributed by atoms with Crippen LogP contribution in [0.5, 0.6) is 0 Å². The molecular formula is C14H17N3. The molecule has 0 saturated carbocycles. The lowest BCUT2D eigenvalue weighted by Crippen LogP contribution is -2.06. The highest BCUT2D eigenvalue weighted by atomic mass is 15.1. The number of benzene rings is 1. The minimum Gasteiger partial charge on any atom is -0.330 e. The Bertz CT molecular complexity index is 537. The zero-order chi connectivity index (χ0) is 11.8. The summed E-state index contributed by atoms with van der Waals surface area (Å²) in [5.41, 5.74) is 10.7. The standard InChI is InChI=1S/C14H17N3/c1-10-4-6-11(7-5-10)14-12-3-2-8-17(12)13(9-15)16-14/h4-7H,2-3,8-9,15H2,1H3. The maximum Gasteiger partial charge on any atom is 0.123 e. The summed E-state index contributed by atoms with van der Waals surface area (Å²) in [7, 11) is 0. The van der Waals surface area contributed by atoms with Gasteiger partial charge in [0.1, 0.15) is 5.82 Å². The van der Waals surface area contributed by atoms with Crippen LogP contribution in [0.4, 0.5) is 0 Å². The molecule has 0 radical (unpaired) electrons. The molecule has 0 amide bonds. The third-order valence-electron chi connectivity index (χ3n) is 3.45. The first-order chi connectivity index (χ1) is 8.29. The summed E-state index contributed by atoms with van der Waals surface area (Å²) in [6.45, 7) is 3.70. The summed E-state index contributed by atoms with van der Waals surface area (Å²) in [6, 6.07) is 8.57. The summed E-state index contributed by atoms with van der Waals surface area (Å²) in [5, 5.41) is 0.